The Labute approximate surface area is 98.9 Å². The smallest absolute Gasteiger partial charge is 0.229 e. The van der Waals surface area contributed by atoms with Crippen molar-refractivity contribution in [3.8, 4) is 0 Å². The molecule has 94 valence electrons. The van der Waals surface area contributed by atoms with E-state index in [1.807, 2.05) is 0 Å². The highest BCUT2D eigenvalue weighted by atomic mass is 32.2. The van der Waals surface area contributed by atoms with Crippen LogP contribution in [0.5, 0.6) is 0 Å². The van der Waals surface area contributed by atoms with E-state index in [9.17, 15) is 17.6 Å². The first kappa shape index (κ1) is 13.4. The number of nitrogens with two attached hydrogens (primary N) is 1. The maximum absolute atomic E-state index is 13.5. The zero-order valence-corrected chi connectivity index (χ0v) is 10.3. The quantitative estimate of drug-likeness (QED) is 0.827. The number of benzene rings is 1. The maximum atomic E-state index is 13.5. The van der Waals surface area contributed by atoms with Crippen molar-refractivity contribution < 1.29 is 17.6 Å². The number of anilines is 1. The van der Waals surface area contributed by atoms with E-state index in [-0.39, 0.29) is 17.7 Å². The van der Waals surface area contributed by atoms with Crippen LogP contribution in [0.2, 0.25) is 0 Å². The van der Waals surface area contributed by atoms with Gasteiger partial charge in [-0.2, -0.15) is 0 Å². The number of halogens is 1. The minimum absolute atomic E-state index is 0.147. The number of carbonyl (C=O) groups is 1. The zero-order chi connectivity index (χ0) is 13.2. The van der Waals surface area contributed by atoms with Gasteiger partial charge in [0.05, 0.1) is 18.4 Å². The fourth-order valence-corrected chi connectivity index (χ4v) is 1.99. The van der Waals surface area contributed by atoms with Crippen molar-refractivity contribution in [2.24, 2.45) is 5.73 Å². The Morgan fingerprint density at radius 3 is 2.53 bits per heavy atom. The molecule has 0 fully saturated rings. The Hall–Kier alpha value is -1.63. The number of rotatable bonds is 4. The molecule has 0 unspecified atom stereocenters. The second kappa shape index (κ2) is 4.70. The largest absolute Gasteiger partial charge is 0.369 e. The van der Waals surface area contributed by atoms with Crippen LogP contribution in [0.15, 0.2) is 12.1 Å². The van der Waals surface area contributed by atoms with E-state index < -0.39 is 21.7 Å². The third kappa shape index (κ3) is 4.03. The minimum atomic E-state index is -3.46. The molecule has 1 aromatic carbocycles. The first-order chi connectivity index (χ1) is 7.69. The van der Waals surface area contributed by atoms with Gasteiger partial charge in [0, 0.05) is 0 Å². The Balaban J connectivity index is 3.13. The molecule has 0 atom stereocenters. The van der Waals surface area contributed by atoms with Crippen molar-refractivity contribution in [2.75, 3.05) is 11.0 Å². The Morgan fingerprint density at radius 1 is 1.47 bits per heavy atom. The summed E-state index contributed by atoms with van der Waals surface area (Å²) in [7, 11) is -3.46. The molecule has 0 spiro atoms. The number of primary amides is 1. The molecule has 0 radical (unpaired) electrons. The first-order valence-electron chi connectivity index (χ1n) is 4.74. The van der Waals surface area contributed by atoms with Gasteiger partial charge in [-0.05, 0) is 24.1 Å². The molecular formula is C10H13FN2O3S. The number of sulfonamides is 1. The van der Waals surface area contributed by atoms with E-state index in [2.05, 4.69) is 4.72 Å². The van der Waals surface area contributed by atoms with E-state index in [1.165, 1.54) is 6.07 Å². The van der Waals surface area contributed by atoms with Crippen LogP contribution in [0.25, 0.3) is 0 Å². The molecule has 1 aromatic rings. The predicted octanol–water partition coefficient (Wildman–Crippen LogP) is 0.533. The minimum Gasteiger partial charge on any atom is -0.369 e. The molecular weight excluding hydrogens is 247 g/mol. The van der Waals surface area contributed by atoms with Crippen LogP contribution in [-0.4, -0.2) is 20.6 Å². The van der Waals surface area contributed by atoms with Crippen molar-refractivity contribution >= 4 is 21.6 Å². The van der Waals surface area contributed by atoms with Gasteiger partial charge in [-0.25, -0.2) is 12.8 Å². The van der Waals surface area contributed by atoms with Crippen molar-refractivity contribution in [1.29, 1.82) is 0 Å². The van der Waals surface area contributed by atoms with Gasteiger partial charge >= 0.3 is 0 Å². The molecule has 0 aliphatic heterocycles. The highest BCUT2D eigenvalue weighted by Crippen LogP contribution is 2.21. The van der Waals surface area contributed by atoms with Gasteiger partial charge in [-0.3, -0.25) is 9.52 Å². The van der Waals surface area contributed by atoms with Gasteiger partial charge < -0.3 is 5.73 Å². The second-order valence-corrected chi connectivity index (χ2v) is 5.52. The molecule has 0 bridgehead atoms. The molecule has 0 aliphatic rings. The number of carbonyl (C=O) groups excluding carboxylic acids is 1. The van der Waals surface area contributed by atoms with Gasteiger partial charge in [0.15, 0.2) is 0 Å². The van der Waals surface area contributed by atoms with Crippen molar-refractivity contribution in [3.05, 3.63) is 29.1 Å². The summed E-state index contributed by atoms with van der Waals surface area (Å²) in [6, 6.07) is 2.43. The van der Waals surface area contributed by atoms with Crippen LogP contribution in [-0.2, 0) is 21.2 Å². The molecule has 1 rings (SSSR count). The van der Waals surface area contributed by atoms with E-state index in [0.29, 0.717) is 5.56 Å². The van der Waals surface area contributed by atoms with Crippen LogP contribution in [0.1, 0.15) is 11.1 Å². The Morgan fingerprint density at radius 2 is 2.06 bits per heavy atom. The van der Waals surface area contributed by atoms with Crippen LogP contribution in [0, 0.1) is 12.7 Å². The summed E-state index contributed by atoms with van der Waals surface area (Å²) in [5, 5.41) is 0. The van der Waals surface area contributed by atoms with E-state index in [4.69, 9.17) is 5.73 Å². The van der Waals surface area contributed by atoms with Crippen LogP contribution < -0.4 is 10.5 Å². The standard InChI is InChI=1S/C10H13FN2O3S/c1-6-3-7(4-10(12)14)8(11)5-9(6)13-17(2,15)16/h3,5,13H,4H2,1-2H3,(H2,12,14). The van der Waals surface area contributed by atoms with E-state index in [0.717, 1.165) is 12.3 Å². The maximum Gasteiger partial charge on any atom is 0.229 e. The monoisotopic (exact) mass is 260 g/mol. The fourth-order valence-electron chi connectivity index (χ4n) is 1.37. The van der Waals surface area contributed by atoms with Gasteiger partial charge in [0.2, 0.25) is 15.9 Å². The summed E-state index contributed by atoms with van der Waals surface area (Å²) in [5.41, 5.74) is 5.79. The summed E-state index contributed by atoms with van der Waals surface area (Å²) in [5.74, 6) is -1.31. The molecule has 0 aromatic heterocycles. The van der Waals surface area contributed by atoms with Crippen LogP contribution >= 0.6 is 0 Å². The Kier molecular flexibility index (Phi) is 3.72. The highest BCUT2D eigenvalue weighted by Gasteiger charge is 2.11. The van der Waals surface area contributed by atoms with Crippen LogP contribution in [0.3, 0.4) is 0 Å². The van der Waals surface area contributed by atoms with E-state index >= 15 is 0 Å². The van der Waals surface area contributed by atoms with E-state index in [1.54, 1.807) is 6.92 Å². The third-order valence-electron chi connectivity index (χ3n) is 2.05. The fraction of sp³-hybridized carbons (Fsp3) is 0.300. The molecule has 0 saturated heterocycles. The second-order valence-electron chi connectivity index (χ2n) is 3.78. The van der Waals surface area contributed by atoms with Gasteiger partial charge in [0.1, 0.15) is 5.82 Å². The molecule has 7 heteroatoms. The SMILES string of the molecule is Cc1cc(CC(N)=O)c(F)cc1NS(C)(=O)=O. The molecule has 3 N–H and O–H groups in total. The number of aryl methyl sites for hydroxylation is 1. The topological polar surface area (TPSA) is 89.3 Å². The lowest BCUT2D eigenvalue weighted by molar-refractivity contribution is -0.117. The lowest BCUT2D eigenvalue weighted by atomic mass is 10.1. The van der Waals surface area contributed by atoms with Crippen LogP contribution in [0.4, 0.5) is 10.1 Å². The summed E-state index contributed by atoms with van der Waals surface area (Å²) >= 11 is 0. The van der Waals surface area contributed by atoms with Gasteiger partial charge in [-0.15, -0.1) is 0 Å². The Bertz CT molecular complexity index is 555. The molecule has 1 amide bonds. The number of nitrogens with one attached hydrogen (secondary N) is 1. The lowest BCUT2D eigenvalue weighted by Gasteiger charge is -2.10. The summed E-state index contributed by atoms with van der Waals surface area (Å²) in [6.07, 6.45) is 0.757. The summed E-state index contributed by atoms with van der Waals surface area (Å²) in [4.78, 5) is 10.7. The van der Waals surface area contributed by atoms with Crippen molar-refractivity contribution in [1.82, 2.24) is 0 Å². The number of hydrogen-bond donors (Lipinski definition) is 2. The normalized spacial score (nSPS) is 11.2. The molecule has 17 heavy (non-hydrogen) atoms. The molecule has 0 aliphatic carbocycles. The van der Waals surface area contributed by atoms with Crippen molar-refractivity contribution in [2.45, 2.75) is 13.3 Å². The van der Waals surface area contributed by atoms with Crippen molar-refractivity contribution in [3.63, 3.8) is 0 Å². The number of amides is 1. The summed E-state index contributed by atoms with van der Waals surface area (Å²) < 4.78 is 37.7. The average Bonchev–Trinajstić information content (AvgIpc) is 2.10. The predicted molar refractivity (Wildman–Crippen MR) is 62.5 cm³/mol. The summed E-state index contributed by atoms with van der Waals surface area (Å²) in [6.45, 7) is 1.61. The van der Waals surface area contributed by atoms with Gasteiger partial charge in [0.25, 0.3) is 0 Å². The lowest BCUT2D eigenvalue weighted by Crippen LogP contribution is -2.16. The number of hydrogen-bond acceptors (Lipinski definition) is 3. The molecule has 0 heterocycles. The zero-order valence-electron chi connectivity index (χ0n) is 9.45. The third-order valence-corrected chi connectivity index (χ3v) is 2.64. The first-order valence-corrected chi connectivity index (χ1v) is 6.63. The van der Waals surface area contributed by atoms with Gasteiger partial charge in [-0.1, -0.05) is 6.07 Å². The molecule has 5 nitrogen and oxygen atoms in total. The average molecular weight is 260 g/mol. The molecule has 0 saturated carbocycles. The highest BCUT2D eigenvalue weighted by molar-refractivity contribution is 7.92.